The Kier molecular flexibility index (Phi) is 5.11. The zero-order valence-corrected chi connectivity index (χ0v) is 15.1. The predicted molar refractivity (Wildman–Crippen MR) is 103 cm³/mol. The van der Waals surface area contributed by atoms with Crippen molar-refractivity contribution in [1.29, 1.82) is 0 Å². The highest BCUT2D eigenvalue weighted by Crippen LogP contribution is 2.28. The molecule has 27 heavy (non-hydrogen) atoms. The lowest BCUT2D eigenvalue weighted by Crippen LogP contribution is -2.29. The average molecular weight is 366 g/mol. The van der Waals surface area contributed by atoms with Crippen LogP contribution >= 0.6 is 0 Å². The highest BCUT2D eigenvalue weighted by molar-refractivity contribution is 5.72. The fourth-order valence-electron chi connectivity index (χ4n) is 3.55. The molecule has 0 aliphatic heterocycles. The minimum absolute atomic E-state index is 0.316. The first-order valence-corrected chi connectivity index (χ1v) is 9.30. The van der Waals surface area contributed by atoms with E-state index in [0.717, 1.165) is 49.2 Å². The first kappa shape index (κ1) is 17.6. The monoisotopic (exact) mass is 366 g/mol. The summed E-state index contributed by atoms with van der Waals surface area (Å²) >= 11 is 0. The van der Waals surface area contributed by atoms with Crippen LogP contribution in [0.5, 0.6) is 0 Å². The number of halogens is 1. The third-order valence-electron chi connectivity index (χ3n) is 5.14. The molecule has 2 aromatic heterocycles. The summed E-state index contributed by atoms with van der Waals surface area (Å²) in [5, 5.41) is 7.78. The van der Waals surface area contributed by atoms with Gasteiger partial charge in [0, 0.05) is 24.3 Å². The Labute approximate surface area is 157 Å². The van der Waals surface area contributed by atoms with Gasteiger partial charge in [-0.1, -0.05) is 12.1 Å². The molecule has 1 saturated carbocycles. The van der Waals surface area contributed by atoms with Crippen LogP contribution in [-0.4, -0.2) is 32.3 Å². The van der Waals surface area contributed by atoms with Gasteiger partial charge in [0.15, 0.2) is 0 Å². The zero-order valence-electron chi connectivity index (χ0n) is 15.1. The zero-order chi connectivity index (χ0) is 18.6. The molecule has 1 aromatic carbocycles. The number of para-hydroxylation sites is 1. The van der Waals surface area contributed by atoms with Gasteiger partial charge in [-0.3, -0.25) is 0 Å². The average Bonchev–Trinajstić information content (AvgIpc) is 3.18. The van der Waals surface area contributed by atoms with Crippen molar-refractivity contribution in [3.63, 3.8) is 0 Å². The van der Waals surface area contributed by atoms with Crippen LogP contribution in [0.1, 0.15) is 25.7 Å². The molecule has 7 heteroatoms. The second kappa shape index (κ2) is 7.84. The largest absolute Gasteiger partial charge is 0.382 e. The van der Waals surface area contributed by atoms with Gasteiger partial charge in [0.25, 0.3) is 0 Å². The SMILES string of the molecule is NC1CCC(CNc2cncnc2-c2cnn(-c3ccccc3F)c2)CC1. The third kappa shape index (κ3) is 3.98. The molecule has 1 fully saturated rings. The summed E-state index contributed by atoms with van der Waals surface area (Å²) < 4.78 is 15.5. The summed E-state index contributed by atoms with van der Waals surface area (Å²) in [5.41, 5.74) is 8.84. The highest BCUT2D eigenvalue weighted by atomic mass is 19.1. The van der Waals surface area contributed by atoms with Crippen molar-refractivity contribution in [2.75, 3.05) is 11.9 Å². The number of nitrogens with zero attached hydrogens (tertiary/aromatic N) is 4. The van der Waals surface area contributed by atoms with Gasteiger partial charge < -0.3 is 11.1 Å². The topological polar surface area (TPSA) is 81.7 Å². The quantitative estimate of drug-likeness (QED) is 0.723. The molecule has 1 aliphatic carbocycles. The second-order valence-electron chi connectivity index (χ2n) is 7.07. The van der Waals surface area contributed by atoms with Crippen molar-refractivity contribution in [1.82, 2.24) is 19.7 Å². The van der Waals surface area contributed by atoms with Crippen LogP contribution in [0, 0.1) is 11.7 Å². The van der Waals surface area contributed by atoms with Gasteiger partial charge in [-0.15, -0.1) is 0 Å². The third-order valence-corrected chi connectivity index (χ3v) is 5.14. The van der Waals surface area contributed by atoms with Crippen molar-refractivity contribution in [2.45, 2.75) is 31.7 Å². The molecule has 140 valence electrons. The molecule has 0 bridgehead atoms. The maximum absolute atomic E-state index is 14.0. The van der Waals surface area contributed by atoms with Gasteiger partial charge in [-0.2, -0.15) is 5.10 Å². The molecule has 0 saturated heterocycles. The smallest absolute Gasteiger partial charge is 0.148 e. The summed E-state index contributed by atoms with van der Waals surface area (Å²) in [4.78, 5) is 8.56. The molecule has 0 unspecified atom stereocenters. The molecule has 3 aromatic rings. The van der Waals surface area contributed by atoms with Crippen LogP contribution in [0.15, 0.2) is 49.2 Å². The molecule has 6 nitrogen and oxygen atoms in total. The molecule has 0 spiro atoms. The Bertz CT molecular complexity index is 901. The fourth-order valence-corrected chi connectivity index (χ4v) is 3.55. The van der Waals surface area contributed by atoms with E-state index in [0.29, 0.717) is 17.6 Å². The number of hydrogen-bond donors (Lipinski definition) is 2. The van der Waals surface area contributed by atoms with E-state index >= 15 is 0 Å². The van der Waals surface area contributed by atoms with E-state index in [1.54, 1.807) is 36.8 Å². The van der Waals surface area contributed by atoms with Crippen molar-refractivity contribution in [3.8, 4) is 16.9 Å². The van der Waals surface area contributed by atoms with Gasteiger partial charge in [-0.05, 0) is 43.7 Å². The summed E-state index contributed by atoms with van der Waals surface area (Å²) in [6.45, 7) is 0.870. The molecular formula is C20H23FN6. The van der Waals surface area contributed by atoms with Crippen LogP contribution in [0.4, 0.5) is 10.1 Å². The van der Waals surface area contributed by atoms with Gasteiger partial charge in [-0.25, -0.2) is 19.0 Å². The van der Waals surface area contributed by atoms with E-state index in [9.17, 15) is 4.39 Å². The number of aromatic nitrogens is 4. The van der Waals surface area contributed by atoms with Crippen LogP contribution in [0.25, 0.3) is 16.9 Å². The van der Waals surface area contributed by atoms with Gasteiger partial charge in [0.1, 0.15) is 17.8 Å². The van der Waals surface area contributed by atoms with Crippen molar-refractivity contribution in [3.05, 3.63) is 55.0 Å². The van der Waals surface area contributed by atoms with Crippen molar-refractivity contribution < 1.29 is 4.39 Å². The lowest BCUT2D eigenvalue weighted by Gasteiger charge is -2.26. The Morgan fingerprint density at radius 2 is 1.96 bits per heavy atom. The summed E-state index contributed by atoms with van der Waals surface area (Å²) in [6, 6.07) is 6.91. The van der Waals surface area contributed by atoms with Crippen LogP contribution in [0.3, 0.4) is 0 Å². The summed E-state index contributed by atoms with van der Waals surface area (Å²) in [6.07, 6.45) is 11.2. The number of nitrogens with one attached hydrogen (secondary N) is 1. The van der Waals surface area contributed by atoms with Crippen molar-refractivity contribution in [2.24, 2.45) is 11.7 Å². The minimum Gasteiger partial charge on any atom is -0.382 e. The van der Waals surface area contributed by atoms with Crippen LogP contribution in [0.2, 0.25) is 0 Å². The Balaban J connectivity index is 1.52. The van der Waals surface area contributed by atoms with Crippen LogP contribution < -0.4 is 11.1 Å². The van der Waals surface area contributed by atoms with E-state index in [1.165, 1.54) is 17.1 Å². The molecule has 0 amide bonds. The van der Waals surface area contributed by atoms with E-state index in [4.69, 9.17) is 5.73 Å². The summed E-state index contributed by atoms with van der Waals surface area (Å²) in [7, 11) is 0. The molecule has 0 atom stereocenters. The van der Waals surface area contributed by atoms with E-state index in [-0.39, 0.29) is 5.82 Å². The van der Waals surface area contributed by atoms with Gasteiger partial charge in [0.05, 0.1) is 23.8 Å². The number of nitrogens with two attached hydrogens (primary N) is 1. The molecule has 0 radical (unpaired) electrons. The number of benzene rings is 1. The molecule has 3 N–H and O–H groups in total. The molecule has 2 heterocycles. The minimum atomic E-state index is -0.316. The molecule has 1 aliphatic rings. The Morgan fingerprint density at radius 1 is 1.15 bits per heavy atom. The number of rotatable bonds is 5. The normalized spacial score (nSPS) is 19.8. The first-order chi connectivity index (χ1) is 13.2. The lowest BCUT2D eigenvalue weighted by atomic mass is 9.86. The lowest BCUT2D eigenvalue weighted by molar-refractivity contribution is 0.339. The second-order valence-corrected chi connectivity index (χ2v) is 7.07. The van der Waals surface area contributed by atoms with Crippen molar-refractivity contribution >= 4 is 5.69 Å². The number of hydrogen-bond acceptors (Lipinski definition) is 5. The highest BCUT2D eigenvalue weighted by Gasteiger charge is 2.19. The summed E-state index contributed by atoms with van der Waals surface area (Å²) in [5.74, 6) is 0.294. The van der Waals surface area contributed by atoms with Gasteiger partial charge >= 0.3 is 0 Å². The molecule has 4 rings (SSSR count). The standard InChI is InChI=1S/C20H23FN6/c21-17-3-1-2-4-19(17)27-12-15(10-26-27)20-18(11-23-13-25-20)24-9-14-5-7-16(22)8-6-14/h1-4,10-14,16,24H,5-9,22H2. The molecular weight excluding hydrogens is 343 g/mol. The van der Waals surface area contributed by atoms with E-state index in [2.05, 4.69) is 20.4 Å². The maximum Gasteiger partial charge on any atom is 0.148 e. The predicted octanol–water partition coefficient (Wildman–Crippen LogP) is 3.40. The number of anilines is 1. The van der Waals surface area contributed by atoms with Gasteiger partial charge in [0.2, 0.25) is 0 Å². The maximum atomic E-state index is 14.0. The Hall–Kier alpha value is -2.80. The Morgan fingerprint density at radius 3 is 2.78 bits per heavy atom. The van der Waals surface area contributed by atoms with E-state index < -0.39 is 0 Å². The van der Waals surface area contributed by atoms with E-state index in [1.807, 2.05) is 0 Å². The fraction of sp³-hybridized carbons (Fsp3) is 0.350. The first-order valence-electron chi connectivity index (χ1n) is 9.30. The van der Waals surface area contributed by atoms with Crippen LogP contribution in [-0.2, 0) is 0 Å².